The molecule has 0 aliphatic carbocycles. The van der Waals surface area contributed by atoms with Crippen molar-refractivity contribution < 1.29 is 9.47 Å². The van der Waals surface area contributed by atoms with E-state index in [1.807, 2.05) is 35.9 Å². The van der Waals surface area contributed by atoms with Gasteiger partial charge in [0.1, 0.15) is 12.1 Å². The number of aromatic nitrogens is 3. The lowest BCUT2D eigenvalue weighted by molar-refractivity contribution is 0.263. The molecule has 0 fully saturated rings. The second-order valence-corrected chi connectivity index (χ2v) is 5.47. The van der Waals surface area contributed by atoms with E-state index in [1.54, 1.807) is 0 Å². The van der Waals surface area contributed by atoms with E-state index in [4.69, 9.17) is 9.47 Å². The fourth-order valence-electron chi connectivity index (χ4n) is 2.47. The van der Waals surface area contributed by atoms with Crippen LogP contribution >= 0.6 is 0 Å². The van der Waals surface area contributed by atoms with E-state index in [0.717, 1.165) is 22.5 Å². The van der Waals surface area contributed by atoms with Crippen molar-refractivity contribution in [1.29, 1.82) is 0 Å². The van der Waals surface area contributed by atoms with Gasteiger partial charge < -0.3 is 9.47 Å². The van der Waals surface area contributed by atoms with Gasteiger partial charge in [-0.05, 0) is 56.2 Å². The summed E-state index contributed by atoms with van der Waals surface area (Å²) in [5, 5.41) is 8.45. The molecule has 1 heterocycles. The summed E-state index contributed by atoms with van der Waals surface area (Å²) in [7, 11) is 0. The molecule has 0 spiro atoms. The molecule has 23 heavy (non-hydrogen) atoms. The molecule has 0 aliphatic rings. The summed E-state index contributed by atoms with van der Waals surface area (Å²) in [5.74, 6) is 1.52. The van der Waals surface area contributed by atoms with Crippen LogP contribution < -0.4 is 9.47 Å². The zero-order valence-electron chi connectivity index (χ0n) is 13.7. The van der Waals surface area contributed by atoms with Crippen molar-refractivity contribution in [3.05, 3.63) is 47.5 Å². The molecule has 1 aromatic heterocycles. The Bertz CT molecular complexity index is 811. The van der Waals surface area contributed by atoms with E-state index >= 15 is 0 Å². The molecule has 2 aromatic carbocycles. The molecule has 0 amide bonds. The van der Waals surface area contributed by atoms with Gasteiger partial charge in [-0.3, -0.25) is 0 Å². The first kappa shape index (κ1) is 15.3. The van der Waals surface area contributed by atoms with Gasteiger partial charge in [-0.1, -0.05) is 17.3 Å². The van der Waals surface area contributed by atoms with E-state index in [1.165, 1.54) is 11.1 Å². The molecule has 5 nitrogen and oxygen atoms in total. The Morgan fingerprint density at radius 1 is 1.00 bits per heavy atom. The first-order valence-corrected chi connectivity index (χ1v) is 7.84. The predicted octanol–water partition coefficient (Wildman–Crippen LogP) is 3.53. The number of hydrogen-bond acceptors (Lipinski definition) is 4. The van der Waals surface area contributed by atoms with Crippen LogP contribution in [0.2, 0.25) is 0 Å². The highest BCUT2D eigenvalue weighted by Gasteiger charge is 2.08. The van der Waals surface area contributed by atoms with Gasteiger partial charge in [-0.25, -0.2) is 4.68 Å². The number of aryl methyl sites for hydroxylation is 2. The normalized spacial score (nSPS) is 10.9. The van der Waals surface area contributed by atoms with Crippen LogP contribution in [0.15, 0.2) is 36.4 Å². The average molecular weight is 311 g/mol. The van der Waals surface area contributed by atoms with Gasteiger partial charge in [-0.2, -0.15) is 0 Å². The van der Waals surface area contributed by atoms with Crippen LogP contribution in [0.25, 0.3) is 11.0 Å². The maximum Gasteiger partial charge on any atom is 0.161 e. The van der Waals surface area contributed by atoms with Crippen molar-refractivity contribution in [1.82, 2.24) is 15.0 Å². The van der Waals surface area contributed by atoms with Crippen molar-refractivity contribution in [3.63, 3.8) is 0 Å². The second kappa shape index (κ2) is 6.69. The van der Waals surface area contributed by atoms with Gasteiger partial charge in [-0.15, -0.1) is 5.10 Å². The molecule has 0 bridgehead atoms. The third-order valence-corrected chi connectivity index (χ3v) is 3.84. The number of fused-ring (bicyclic) bond motifs is 1. The third-order valence-electron chi connectivity index (χ3n) is 3.84. The van der Waals surface area contributed by atoms with Crippen molar-refractivity contribution in [2.45, 2.75) is 27.3 Å². The van der Waals surface area contributed by atoms with Crippen LogP contribution in [0.3, 0.4) is 0 Å². The first-order chi connectivity index (χ1) is 11.2. The number of hydrogen-bond donors (Lipinski definition) is 0. The van der Waals surface area contributed by atoms with Crippen LogP contribution in [0.1, 0.15) is 18.1 Å². The van der Waals surface area contributed by atoms with Gasteiger partial charge in [0.15, 0.2) is 11.5 Å². The number of para-hydroxylation sites is 2. The molecule has 0 N–H and O–H groups in total. The Morgan fingerprint density at radius 3 is 2.43 bits per heavy atom. The van der Waals surface area contributed by atoms with Gasteiger partial charge in [0, 0.05) is 0 Å². The largest absolute Gasteiger partial charge is 0.490 e. The van der Waals surface area contributed by atoms with E-state index in [9.17, 15) is 0 Å². The second-order valence-electron chi connectivity index (χ2n) is 5.47. The third kappa shape index (κ3) is 3.28. The van der Waals surface area contributed by atoms with E-state index < -0.39 is 0 Å². The summed E-state index contributed by atoms with van der Waals surface area (Å²) in [5.41, 5.74) is 4.42. The van der Waals surface area contributed by atoms with Crippen LogP contribution in [0.4, 0.5) is 0 Å². The summed E-state index contributed by atoms with van der Waals surface area (Å²) >= 11 is 0. The fourth-order valence-corrected chi connectivity index (χ4v) is 2.47. The molecular weight excluding hydrogens is 290 g/mol. The molecule has 0 saturated heterocycles. The molecule has 3 aromatic rings. The number of benzene rings is 2. The molecule has 5 heteroatoms. The Labute approximate surface area is 135 Å². The monoisotopic (exact) mass is 311 g/mol. The van der Waals surface area contributed by atoms with E-state index in [2.05, 4.69) is 36.3 Å². The highest BCUT2D eigenvalue weighted by Crippen LogP contribution is 2.26. The van der Waals surface area contributed by atoms with E-state index in [-0.39, 0.29) is 0 Å². The van der Waals surface area contributed by atoms with Gasteiger partial charge in [0.2, 0.25) is 0 Å². The van der Waals surface area contributed by atoms with Crippen molar-refractivity contribution in [2.24, 2.45) is 0 Å². The SMILES string of the molecule is CCOc1ccccc1OCCn1nnc2cc(C)c(C)cc21. The average Bonchev–Trinajstić information content (AvgIpc) is 2.92. The smallest absolute Gasteiger partial charge is 0.161 e. The van der Waals surface area contributed by atoms with Gasteiger partial charge in [0.05, 0.1) is 18.7 Å². The topological polar surface area (TPSA) is 49.2 Å². The van der Waals surface area contributed by atoms with Crippen LogP contribution in [0.5, 0.6) is 11.5 Å². The number of rotatable bonds is 6. The van der Waals surface area contributed by atoms with E-state index in [0.29, 0.717) is 19.8 Å². The standard InChI is InChI=1S/C18H21N3O2/c1-4-22-17-7-5-6-8-18(17)23-10-9-21-16-12-14(3)13(2)11-15(16)19-20-21/h5-8,11-12H,4,9-10H2,1-3H3. The Hall–Kier alpha value is -2.56. The Kier molecular flexibility index (Phi) is 4.46. The fraction of sp³-hybridized carbons (Fsp3) is 0.333. The summed E-state index contributed by atoms with van der Waals surface area (Å²) in [4.78, 5) is 0. The van der Waals surface area contributed by atoms with Crippen molar-refractivity contribution >= 4 is 11.0 Å². The quantitative estimate of drug-likeness (QED) is 0.699. The maximum atomic E-state index is 5.85. The summed E-state index contributed by atoms with van der Waals surface area (Å²) in [6, 6.07) is 11.9. The zero-order valence-corrected chi connectivity index (χ0v) is 13.7. The lowest BCUT2D eigenvalue weighted by atomic mass is 10.1. The van der Waals surface area contributed by atoms with Crippen molar-refractivity contribution in [3.8, 4) is 11.5 Å². The van der Waals surface area contributed by atoms with Crippen molar-refractivity contribution in [2.75, 3.05) is 13.2 Å². The lowest BCUT2D eigenvalue weighted by Crippen LogP contribution is -2.10. The van der Waals surface area contributed by atoms with Gasteiger partial charge >= 0.3 is 0 Å². The summed E-state index contributed by atoms with van der Waals surface area (Å²) in [6.45, 7) is 7.91. The highest BCUT2D eigenvalue weighted by molar-refractivity contribution is 5.76. The maximum absolute atomic E-state index is 5.85. The molecule has 0 atom stereocenters. The lowest BCUT2D eigenvalue weighted by Gasteiger charge is -2.11. The molecule has 120 valence electrons. The summed E-state index contributed by atoms with van der Waals surface area (Å²) < 4.78 is 13.3. The minimum absolute atomic E-state index is 0.509. The number of nitrogens with zero attached hydrogens (tertiary/aromatic N) is 3. The molecule has 3 rings (SSSR count). The minimum atomic E-state index is 0.509. The molecular formula is C18H21N3O2. The predicted molar refractivity (Wildman–Crippen MR) is 90.1 cm³/mol. The number of ether oxygens (including phenoxy) is 2. The zero-order chi connectivity index (χ0) is 16.2. The Morgan fingerprint density at radius 2 is 1.70 bits per heavy atom. The highest BCUT2D eigenvalue weighted by atomic mass is 16.5. The molecule has 0 unspecified atom stereocenters. The minimum Gasteiger partial charge on any atom is -0.490 e. The van der Waals surface area contributed by atoms with Crippen LogP contribution in [0, 0.1) is 13.8 Å². The van der Waals surface area contributed by atoms with Crippen LogP contribution in [-0.4, -0.2) is 28.2 Å². The first-order valence-electron chi connectivity index (χ1n) is 7.84. The molecule has 0 saturated carbocycles. The Balaban J connectivity index is 1.71. The molecule has 0 aliphatic heterocycles. The summed E-state index contributed by atoms with van der Waals surface area (Å²) in [6.07, 6.45) is 0. The van der Waals surface area contributed by atoms with Gasteiger partial charge in [0.25, 0.3) is 0 Å². The molecule has 0 radical (unpaired) electrons. The van der Waals surface area contributed by atoms with Crippen LogP contribution in [-0.2, 0) is 6.54 Å².